The van der Waals surface area contributed by atoms with Crippen molar-refractivity contribution in [2.45, 2.75) is 51.0 Å². The topological polar surface area (TPSA) is 63.7 Å². The van der Waals surface area contributed by atoms with Gasteiger partial charge < -0.3 is 4.74 Å². The number of esters is 1. The summed E-state index contributed by atoms with van der Waals surface area (Å²) >= 11 is 6.23. The van der Waals surface area contributed by atoms with E-state index in [4.69, 9.17) is 16.3 Å². The molecule has 0 N–H and O–H groups in total. The molecule has 0 fully saturated rings. The minimum Gasteiger partial charge on any atom is -0.466 e. The molecular weight excluding hydrogens is 410 g/mol. The number of hydrogen-bond donors (Lipinski definition) is 0. The largest absolute Gasteiger partial charge is 0.466 e. The number of sulfonamides is 1. The molecule has 0 spiro atoms. The van der Waals surface area contributed by atoms with Gasteiger partial charge in [-0.25, -0.2) is 8.42 Å². The predicted molar refractivity (Wildman–Crippen MR) is 115 cm³/mol. The van der Waals surface area contributed by atoms with Gasteiger partial charge in [-0.15, -0.1) is 0 Å². The predicted octanol–water partition coefficient (Wildman–Crippen LogP) is 4.78. The maximum Gasteiger partial charge on any atom is 0.307 e. The summed E-state index contributed by atoms with van der Waals surface area (Å²) in [5, 5.41) is 0.479. The number of hydrogen-bond acceptors (Lipinski definition) is 4. The van der Waals surface area contributed by atoms with Crippen molar-refractivity contribution >= 4 is 27.6 Å². The second kappa shape index (κ2) is 9.74. The first-order chi connectivity index (χ1) is 13.6. The van der Waals surface area contributed by atoms with Crippen LogP contribution in [0.25, 0.3) is 0 Å². The summed E-state index contributed by atoms with van der Waals surface area (Å²) in [7, 11) is -3.82. The first-order valence-electron chi connectivity index (χ1n) is 9.55. The molecule has 0 saturated carbocycles. The van der Waals surface area contributed by atoms with E-state index in [9.17, 15) is 13.2 Å². The average molecular weight is 438 g/mol. The highest BCUT2D eigenvalue weighted by Gasteiger charge is 2.26. The van der Waals surface area contributed by atoms with Crippen LogP contribution in [0.3, 0.4) is 0 Å². The summed E-state index contributed by atoms with van der Waals surface area (Å²) in [6.07, 6.45) is -0.0302. The van der Waals surface area contributed by atoms with Crippen LogP contribution in [-0.4, -0.2) is 31.8 Å². The van der Waals surface area contributed by atoms with Crippen LogP contribution in [0.1, 0.15) is 45.2 Å². The van der Waals surface area contributed by atoms with E-state index < -0.39 is 16.0 Å². The Hall–Kier alpha value is -1.89. The molecule has 2 aromatic rings. The lowest BCUT2D eigenvalue weighted by Gasteiger charge is -2.24. The van der Waals surface area contributed by atoms with Gasteiger partial charge in [-0.3, -0.25) is 4.79 Å². The van der Waals surface area contributed by atoms with Crippen LogP contribution in [0, 0.1) is 0 Å². The van der Waals surface area contributed by atoms with E-state index in [-0.39, 0.29) is 36.4 Å². The van der Waals surface area contributed by atoms with E-state index in [0.29, 0.717) is 10.6 Å². The highest BCUT2D eigenvalue weighted by atomic mass is 35.5. The van der Waals surface area contributed by atoms with Crippen LogP contribution in [0.2, 0.25) is 5.02 Å². The van der Waals surface area contributed by atoms with Gasteiger partial charge in [0.1, 0.15) is 0 Å². The Balaban J connectivity index is 2.34. The molecule has 0 amide bonds. The molecule has 29 heavy (non-hydrogen) atoms. The molecule has 0 bridgehead atoms. The molecular formula is C22H28ClNO4S. The SMILES string of the molecule is CCOC(=O)CCN(Cc1ccccc1Cl)S(=O)(=O)c1ccc(C(C)(C)C)cc1. The van der Waals surface area contributed by atoms with Gasteiger partial charge in [-0.2, -0.15) is 4.31 Å². The Morgan fingerprint density at radius 3 is 2.24 bits per heavy atom. The highest BCUT2D eigenvalue weighted by molar-refractivity contribution is 7.89. The summed E-state index contributed by atoms with van der Waals surface area (Å²) < 4.78 is 32.8. The molecule has 0 unspecified atom stereocenters. The van der Waals surface area contributed by atoms with Crippen molar-refractivity contribution in [1.29, 1.82) is 0 Å². The van der Waals surface area contributed by atoms with Gasteiger partial charge in [0, 0.05) is 18.1 Å². The van der Waals surface area contributed by atoms with Crippen molar-refractivity contribution in [2.24, 2.45) is 0 Å². The van der Waals surface area contributed by atoms with Crippen molar-refractivity contribution in [3.05, 3.63) is 64.7 Å². The minimum atomic E-state index is -3.82. The molecule has 0 saturated heterocycles. The monoisotopic (exact) mass is 437 g/mol. The number of halogens is 1. The van der Waals surface area contributed by atoms with Crippen molar-refractivity contribution in [3.63, 3.8) is 0 Å². The van der Waals surface area contributed by atoms with Gasteiger partial charge in [0.15, 0.2) is 0 Å². The third kappa shape index (κ3) is 6.29. The Kier molecular flexibility index (Phi) is 7.86. The zero-order valence-electron chi connectivity index (χ0n) is 17.3. The zero-order chi connectivity index (χ0) is 21.7. The van der Waals surface area contributed by atoms with E-state index in [1.165, 1.54) is 4.31 Å². The molecule has 158 valence electrons. The van der Waals surface area contributed by atoms with E-state index in [0.717, 1.165) is 5.56 Å². The average Bonchev–Trinajstić information content (AvgIpc) is 2.66. The number of benzene rings is 2. The summed E-state index contributed by atoms with van der Waals surface area (Å²) in [6, 6.07) is 13.9. The van der Waals surface area contributed by atoms with Gasteiger partial charge in [0.2, 0.25) is 10.0 Å². The summed E-state index contributed by atoms with van der Waals surface area (Å²) in [5.74, 6) is -0.435. The van der Waals surface area contributed by atoms with Crippen LogP contribution in [0.5, 0.6) is 0 Å². The van der Waals surface area contributed by atoms with Crippen molar-refractivity contribution < 1.29 is 17.9 Å². The van der Waals surface area contributed by atoms with Crippen LogP contribution < -0.4 is 0 Å². The van der Waals surface area contributed by atoms with Crippen LogP contribution in [0.15, 0.2) is 53.4 Å². The van der Waals surface area contributed by atoms with Gasteiger partial charge in [-0.1, -0.05) is 62.7 Å². The number of carbonyl (C=O) groups is 1. The van der Waals surface area contributed by atoms with Crippen molar-refractivity contribution in [3.8, 4) is 0 Å². The first-order valence-corrected chi connectivity index (χ1v) is 11.4. The van der Waals surface area contributed by atoms with E-state index in [1.807, 2.05) is 12.1 Å². The standard InChI is InChI=1S/C22H28ClNO4S/c1-5-28-21(25)14-15-24(16-17-8-6-7-9-20(17)23)29(26,27)19-12-10-18(11-13-19)22(2,3)4/h6-13H,5,14-16H2,1-4H3. The van der Waals surface area contributed by atoms with Gasteiger partial charge in [0.25, 0.3) is 0 Å². The lowest BCUT2D eigenvalue weighted by molar-refractivity contribution is -0.143. The summed E-state index contributed by atoms with van der Waals surface area (Å²) in [4.78, 5) is 12.0. The normalized spacial score (nSPS) is 12.2. The fraction of sp³-hybridized carbons (Fsp3) is 0.409. The number of ether oxygens (including phenoxy) is 1. The fourth-order valence-corrected chi connectivity index (χ4v) is 4.44. The smallest absolute Gasteiger partial charge is 0.307 e. The number of carbonyl (C=O) groups excluding carboxylic acids is 1. The maximum absolute atomic E-state index is 13.3. The molecule has 0 atom stereocenters. The quantitative estimate of drug-likeness (QED) is 0.557. The van der Waals surface area contributed by atoms with Gasteiger partial charge in [-0.05, 0) is 41.7 Å². The molecule has 2 aromatic carbocycles. The Bertz CT molecular complexity index is 934. The Morgan fingerprint density at radius 1 is 1.07 bits per heavy atom. The van der Waals surface area contributed by atoms with Crippen LogP contribution in [0.4, 0.5) is 0 Å². The molecule has 0 aromatic heterocycles. The molecule has 0 aliphatic rings. The van der Waals surface area contributed by atoms with Gasteiger partial charge >= 0.3 is 5.97 Å². The van der Waals surface area contributed by atoms with Crippen molar-refractivity contribution in [1.82, 2.24) is 4.31 Å². The lowest BCUT2D eigenvalue weighted by Crippen LogP contribution is -2.33. The molecule has 7 heteroatoms. The molecule has 2 rings (SSSR count). The first kappa shape index (κ1) is 23.4. The molecule has 0 heterocycles. The lowest BCUT2D eigenvalue weighted by atomic mass is 9.87. The highest BCUT2D eigenvalue weighted by Crippen LogP contribution is 2.26. The van der Waals surface area contributed by atoms with Crippen molar-refractivity contribution in [2.75, 3.05) is 13.2 Å². The maximum atomic E-state index is 13.3. The van der Waals surface area contributed by atoms with E-state index in [2.05, 4.69) is 20.8 Å². The molecule has 0 aliphatic heterocycles. The van der Waals surface area contributed by atoms with E-state index in [1.54, 1.807) is 43.3 Å². The number of nitrogens with zero attached hydrogens (tertiary/aromatic N) is 1. The third-order valence-corrected chi connectivity index (χ3v) is 6.76. The second-order valence-electron chi connectivity index (χ2n) is 7.76. The molecule has 5 nitrogen and oxygen atoms in total. The zero-order valence-corrected chi connectivity index (χ0v) is 18.9. The Labute approximate surface area is 178 Å². The Morgan fingerprint density at radius 2 is 1.69 bits per heavy atom. The van der Waals surface area contributed by atoms with Gasteiger partial charge in [0.05, 0.1) is 17.9 Å². The third-order valence-electron chi connectivity index (χ3n) is 4.53. The minimum absolute atomic E-state index is 0.00735. The van der Waals surface area contributed by atoms with Crippen LogP contribution >= 0.6 is 11.6 Å². The summed E-state index contributed by atoms with van der Waals surface area (Å²) in [6.45, 7) is 8.26. The fourth-order valence-electron chi connectivity index (χ4n) is 2.83. The second-order valence-corrected chi connectivity index (χ2v) is 10.1. The molecule has 0 aliphatic carbocycles. The van der Waals surface area contributed by atoms with Crippen LogP contribution in [-0.2, 0) is 31.5 Å². The summed E-state index contributed by atoms with van der Waals surface area (Å²) in [5.41, 5.74) is 1.64. The molecule has 0 radical (unpaired) electrons. The number of rotatable bonds is 8. The van der Waals surface area contributed by atoms with E-state index >= 15 is 0 Å².